The lowest BCUT2D eigenvalue weighted by Gasteiger charge is -1.97. The lowest BCUT2D eigenvalue weighted by molar-refractivity contribution is 0.0532. The molecule has 1 aromatic carbocycles. The second-order valence-electron chi connectivity index (χ2n) is 4.43. The third-order valence-electron chi connectivity index (χ3n) is 2.93. The first kappa shape index (κ1) is 15.2. The van der Waals surface area contributed by atoms with Crippen LogP contribution in [0.1, 0.15) is 16.6 Å². The summed E-state index contributed by atoms with van der Waals surface area (Å²) >= 11 is 8.86. The van der Waals surface area contributed by atoms with Gasteiger partial charge < -0.3 is 4.74 Å². The molecule has 3 nitrogen and oxygen atoms in total. The molecule has 0 radical (unpaired) electrons. The van der Waals surface area contributed by atoms with Gasteiger partial charge in [0.05, 0.1) is 17.2 Å². The number of esters is 1. The summed E-state index contributed by atoms with van der Waals surface area (Å²) in [5, 5.41) is 3.63. The van der Waals surface area contributed by atoms with Crippen LogP contribution in [0.5, 0.6) is 0 Å². The molecule has 0 aliphatic rings. The van der Waals surface area contributed by atoms with Gasteiger partial charge in [-0.15, -0.1) is 22.7 Å². The number of rotatable bonds is 4. The van der Waals surface area contributed by atoms with E-state index in [-0.39, 0.29) is 5.97 Å². The van der Waals surface area contributed by atoms with E-state index in [9.17, 15) is 4.79 Å². The average molecular weight is 350 g/mol. The molecule has 0 saturated heterocycles. The first-order valence-corrected chi connectivity index (χ1v) is 8.73. The molecule has 22 heavy (non-hydrogen) atoms. The third kappa shape index (κ3) is 3.21. The van der Waals surface area contributed by atoms with Gasteiger partial charge in [-0.25, -0.2) is 9.78 Å². The summed E-state index contributed by atoms with van der Waals surface area (Å²) in [7, 11) is 0. The predicted molar refractivity (Wildman–Crippen MR) is 91.8 cm³/mol. The Morgan fingerprint density at radius 3 is 2.73 bits per heavy atom. The van der Waals surface area contributed by atoms with Crippen molar-refractivity contribution in [1.29, 1.82) is 0 Å². The zero-order valence-corrected chi connectivity index (χ0v) is 14.1. The molecule has 0 aliphatic carbocycles. The van der Waals surface area contributed by atoms with E-state index >= 15 is 0 Å². The lowest BCUT2D eigenvalue weighted by atomic mass is 10.2. The van der Waals surface area contributed by atoms with Crippen LogP contribution in [0.4, 0.5) is 0 Å². The Morgan fingerprint density at radius 1 is 1.23 bits per heavy atom. The van der Waals surface area contributed by atoms with E-state index in [4.69, 9.17) is 16.3 Å². The monoisotopic (exact) mass is 349 g/mol. The molecule has 0 atom stereocenters. The van der Waals surface area contributed by atoms with Gasteiger partial charge in [-0.3, -0.25) is 0 Å². The number of carbonyl (C=O) groups excluding carboxylic acids is 1. The summed E-state index contributed by atoms with van der Waals surface area (Å²) in [5.41, 5.74) is 1.90. The number of thiophene rings is 1. The number of hydrogen-bond donors (Lipinski definition) is 0. The molecule has 3 aromatic rings. The first-order valence-electron chi connectivity index (χ1n) is 6.66. The molecule has 2 heterocycles. The van der Waals surface area contributed by atoms with Crippen molar-refractivity contribution < 1.29 is 9.53 Å². The minimum Gasteiger partial charge on any atom is -0.462 e. The number of hydrogen-bond acceptors (Lipinski definition) is 5. The summed E-state index contributed by atoms with van der Waals surface area (Å²) in [5.74, 6) is -0.285. The van der Waals surface area contributed by atoms with Crippen LogP contribution in [0, 0.1) is 0 Å². The van der Waals surface area contributed by atoms with Gasteiger partial charge in [0.25, 0.3) is 0 Å². The smallest absolute Gasteiger partial charge is 0.348 e. The van der Waals surface area contributed by atoms with Crippen LogP contribution in [0.25, 0.3) is 21.1 Å². The van der Waals surface area contributed by atoms with E-state index in [0.29, 0.717) is 16.5 Å². The quantitative estimate of drug-likeness (QED) is 0.594. The Morgan fingerprint density at radius 2 is 2.00 bits per heavy atom. The van der Waals surface area contributed by atoms with Gasteiger partial charge in [-0.1, -0.05) is 23.7 Å². The molecule has 2 aromatic heterocycles. The Hall–Kier alpha value is -1.69. The Bertz CT molecular complexity index is 793. The van der Waals surface area contributed by atoms with Crippen molar-refractivity contribution in [3.63, 3.8) is 0 Å². The van der Waals surface area contributed by atoms with Gasteiger partial charge in [-0.05, 0) is 31.2 Å². The standard InChI is InChI=1S/C16H12ClNO2S2/c1-2-20-16(19)14-8-7-13(22-14)12-9-21-15(18-12)10-3-5-11(17)6-4-10/h3-9H,2H2,1H3. The fraction of sp³-hybridized carbons (Fsp3) is 0.125. The maximum Gasteiger partial charge on any atom is 0.348 e. The van der Waals surface area contributed by atoms with E-state index < -0.39 is 0 Å². The maximum absolute atomic E-state index is 11.7. The fourth-order valence-electron chi connectivity index (χ4n) is 1.90. The van der Waals surface area contributed by atoms with Crippen molar-refractivity contribution in [1.82, 2.24) is 4.98 Å². The molecular formula is C16H12ClNO2S2. The summed E-state index contributed by atoms with van der Waals surface area (Å²) in [6.45, 7) is 2.18. The number of aromatic nitrogens is 1. The van der Waals surface area contributed by atoms with Gasteiger partial charge in [0, 0.05) is 16.0 Å². The third-order valence-corrected chi connectivity index (χ3v) is 5.16. The maximum atomic E-state index is 11.7. The van der Waals surface area contributed by atoms with E-state index in [0.717, 1.165) is 21.1 Å². The van der Waals surface area contributed by atoms with E-state index in [2.05, 4.69) is 4.98 Å². The number of ether oxygens (including phenoxy) is 1. The first-order chi connectivity index (χ1) is 10.7. The summed E-state index contributed by atoms with van der Waals surface area (Å²) < 4.78 is 5.00. The number of carbonyl (C=O) groups is 1. The van der Waals surface area contributed by atoms with E-state index in [1.54, 1.807) is 24.3 Å². The van der Waals surface area contributed by atoms with Crippen LogP contribution in [0.15, 0.2) is 41.8 Å². The zero-order valence-electron chi connectivity index (χ0n) is 11.7. The average Bonchev–Trinajstić information content (AvgIpc) is 3.17. The molecule has 0 fully saturated rings. The molecule has 3 rings (SSSR count). The van der Waals surface area contributed by atoms with Gasteiger partial charge in [0.2, 0.25) is 0 Å². The molecule has 0 spiro atoms. The highest BCUT2D eigenvalue weighted by molar-refractivity contribution is 7.18. The van der Waals surface area contributed by atoms with Crippen molar-refractivity contribution in [3.8, 4) is 21.1 Å². The van der Waals surface area contributed by atoms with Crippen molar-refractivity contribution in [2.45, 2.75) is 6.92 Å². The van der Waals surface area contributed by atoms with Gasteiger partial charge in [-0.2, -0.15) is 0 Å². The highest BCUT2D eigenvalue weighted by atomic mass is 35.5. The van der Waals surface area contributed by atoms with Crippen LogP contribution in [-0.2, 0) is 4.74 Å². The molecule has 0 unspecified atom stereocenters. The van der Waals surface area contributed by atoms with Crippen molar-refractivity contribution in [2.75, 3.05) is 6.61 Å². The Balaban J connectivity index is 1.85. The second-order valence-corrected chi connectivity index (χ2v) is 6.81. The summed E-state index contributed by atoms with van der Waals surface area (Å²) in [6.07, 6.45) is 0. The van der Waals surface area contributed by atoms with Gasteiger partial charge in [0.1, 0.15) is 9.88 Å². The normalized spacial score (nSPS) is 10.6. The summed E-state index contributed by atoms with van der Waals surface area (Å²) in [4.78, 5) is 17.9. The number of benzene rings is 1. The Kier molecular flexibility index (Phi) is 4.57. The number of nitrogens with zero attached hydrogens (tertiary/aromatic N) is 1. The zero-order chi connectivity index (χ0) is 15.5. The van der Waals surface area contributed by atoms with Gasteiger partial charge in [0.15, 0.2) is 0 Å². The molecule has 112 valence electrons. The van der Waals surface area contributed by atoms with Crippen LogP contribution in [0.3, 0.4) is 0 Å². The molecule has 0 N–H and O–H groups in total. The number of thiazole rings is 1. The Labute approximate surface area is 141 Å². The summed E-state index contributed by atoms with van der Waals surface area (Å²) in [6, 6.07) is 11.3. The topological polar surface area (TPSA) is 39.2 Å². The minimum absolute atomic E-state index is 0.285. The van der Waals surface area contributed by atoms with Crippen molar-refractivity contribution >= 4 is 40.2 Å². The van der Waals surface area contributed by atoms with Crippen LogP contribution < -0.4 is 0 Å². The van der Waals surface area contributed by atoms with Crippen LogP contribution >= 0.6 is 34.3 Å². The van der Waals surface area contributed by atoms with Crippen molar-refractivity contribution in [2.24, 2.45) is 0 Å². The molecule has 6 heteroatoms. The van der Waals surface area contributed by atoms with E-state index in [1.165, 1.54) is 11.3 Å². The van der Waals surface area contributed by atoms with Crippen molar-refractivity contribution in [3.05, 3.63) is 51.7 Å². The van der Waals surface area contributed by atoms with E-state index in [1.807, 2.05) is 35.7 Å². The molecule has 0 bridgehead atoms. The van der Waals surface area contributed by atoms with Crippen LogP contribution in [-0.4, -0.2) is 17.6 Å². The molecule has 0 aliphatic heterocycles. The SMILES string of the molecule is CCOC(=O)c1ccc(-c2csc(-c3ccc(Cl)cc3)n2)s1. The highest BCUT2D eigenvalue weighted by Gasteiger charge is 2.13. The number of halogens is 1. The fourth-order valence-corrected chi connectivity index (χ4v) is 3.79. The molecule has 0 saturated carbocycles. The highest BCUT2D eigenvalue weighted by Crippen LogP contribution is 2.33. The molecular weight excluding hydrogens is 338 g/mol. The predicted octanol–water partition coefficient (Wildman–Crippen LogP) is 5.37. The second kappa shape index (κ2) is 6.60. The van der Waals surface area contributed by atoms with Gasteiger partial charge >= 0.3 is 5.97 Å². The lowest BCUT2D eigenvalue weighted by Crippen LogP contribution is -2.01. The largest absolute Gasteiger partial charge is 0.462 e. The van der Waals surface area contributed by atoms with Crippen LogP contribution in [0.2, 0.25) is 5.02 Å². The minimum atomic E-state index is -0.285. The molecule has 0 amide bonds.